The van der Waals surface area contributed by atoms with Crippen LogP contribution >= 0.6 is 11.3 Å². The van der Waals surface area contributed by atoms with Crippen LogP contribution in [-0.4, -0.2) is 5.11 Å². The fourth-order valence-electron chi connectivity index (χ4n) is 1.59. The summed E-state index contributed by atoms with van der Waals surface area (Å²) in [5, 5.41) is 11.7. The molecule has 1 nitrogen and oxygen atoms in total. The van der Waals surface area contributed by atoms with Crippen LogP contribution < -0.4 is 0 Å². The third-order valence-electron chi connectivity index (χ3n) is 2.37. The summed E-state index contributed by atoms with van der Waals surface area (Å²) in [5.74, 6) is 0. The number of alkyl halides is 3. The summed E-state index contributed by atoms with van der Waals surface area (Å²) in [7, 11) is 0. The average molecular weight is 258 g/mol. The number of aliphatic hydroxyl groups excluding tert-OH is 1. The number of benzene rings is 1. The molecule has 0 radical (unpaired) electrons. The maximum absolute atomic E-state index is 12.7. The van der Waals surface area contributed by atoms with Crippen LogP contribution in [0.2, 0.25) is 0 Å². The van der Waals surface area contributed by atoms with Crippen LogP contribution in [0.5, 0.6) is 0 Å². The van der Waals surface area contributed by atoms with Gasteiger partial charge in [0.15, 0.2) is 0 Å². The highest BCUT2D eigenvalue weighted by Gasteiger charge is 2.34. The standard InChI is InChI=1S/C12H9F3OS/c13-12(14,15)9-5-2-1-4-8(9)11(16)10-6-3-7-17-10/h1-7,11,16H. The minimum Gasteiger partial charge on any atom is -0.383 e. The van der Waals surface area contributed by atoms with Crippen LogP contribution in [0, 0.1) is 0 Å². The van der Waals surface area contributed by atoms with Crippen molar-refractivity contribution in [3.05, 3.63) is 57.8 Å². The smallest absolute Gasteiger partial charge is 0.383 e. The monoisotopic (exact) mass is 258 g/mol. The molecule has 1 N–H and O–H groups in total. The Kier molecular flexibility index (Phi) is 3.22. The second-order valence-electron chi connectivity index (χ2n) is 3.50. The summed E-state index contributed by atoms with van der Waals surface area (Å²) in [5.41, 5.74) is -0.900. The van der Waals surface area contributed by atoms with Crippen molar-refractivity contribution in [2.45, 2.75) is 12.3 Å². The second kappa shape index (κ2) is 4.50. The van der Waals surface area contributed by atoms with Gasteiger partial charge in [0.2, 0.25) is 0 Å². The van der Waals surface area contributed by atoms with E-state index >= 15 is 0 Å². The molecule has 0 fully saturated rings. The van der Waals surface area contributed by atoms with Crippen molar-refractivity contribution in [2.24, 2.45) is 0 Å². The molecule has 2 aromatic rings. The van der Waals surface area contributed by atoms with Gasteiger partial charge in [-0.2, -0.15) is 13.2 Å². The molecule has 1 aromatic heterocycles. The van der Waals surface area contributed by atoms with Gasteiger partial charge in [-0.25, -0.2) is 0 Å². The van der Waals surface area contributed by atoms with Crippen molar-refractivity contribution >= 4 is 11.3 Å². The van der Waals surface area contributed by atoms with Gasteiger partial charge in [0, 0.05) is 4.88 Å². The Hall–Kier alpha value is -1.33. The van der Waals surface area contributed by atoms with E-state index in [-0.39, 0.29) is 5.56 Å². The first-order valence-corrected chi connectivity index (χ1v) is 5.75. The lowest BCUT2D eigenvalue weighted by atomic mass is 10.0. The van der Waals surface area contributed by atoms with Crippen molar-refractivity contribution in [1.82, 2.24) is 0 Å². The van der Waals surface area contributed by atoms with Crippen molar-refractivity contribution in [1.29, 1.82) is 0 Å². The van der Waals surface area contributed by atoms with E-state index in [1.807, 2.05) is 0 Å². The van der Waals surface area contributed by atoms with E-state index in [0.29, 0.717) is 4.88 Å². The van der Waals surface area contributed by atoms with Crippen molar-refractivity contribution < 1.29 is 18.3 Å². The van der Waals surface area contributed by atoms with E-state index in [1.165, 1.54) is 29.5 Å². The first-order chi connectivity index (χ1) is 8.00. The lowest BCUT2D eigenvalue weighted by Crippen LogP contribution is -2.11. The molecule has 0 amide bonds. The number of aliphatic hydroxyl groups is 1. The van der Waals surface area contributed by atoms with Crippen LogP contribution in [-0.2, 0) is 6.18 Å². The molecule has 2 rings (SSSR count). The Labute approximate surface area is 100 Å². The topological polar surface area (TPSA) is 20.2 Å². The Morgan fingerprint density at radius 2 is 1.76 bits per heavy atom. The minimum atomic E-state index is -4.45. The van der Waals surface area contributed by atoms with Gasteiger partial charge in [0.25, 0.3) is 0 Å². The largest absolute Gasteiger partial charge is 0.416 e. The number of hydrogen-bond donors (Lipinski definition) is 1. The van der Waals surface area contributed by atoms with Crippen molar-refractivity contribution in [3.63, 3.8) is 0 Å². The lowest BCUT2D eigenvalue weighted by Gasteiger charge is -2.16. The van der Waals surface area contributed by atoms with Gasteiger partial charge in [-0.05, 0) is 23.1 Å². The van der Waals surface area contributed by atoms with Crippen LogP contribution in [0.25, 0.3) is 0 Å². The number of hydrogen-bond acceptors (Lipinski definition) is 2. The molecule has 1 atom stereocenters. The SMILES string of the molecule is OC(c1cccs1)c1ccccc1C(F)(F)F. The predicted molar refractivity (Wildman–Crippen MR) is 59.8 cm³/mol. The maximum Gasteiger partial charge on any atom is 0.416 e. The molecule has 0 aliphatic heterocycles. The molecule has 0 saturated heterocycles. The van der Waals surface area contributed by atoms with Gasteiger partial charge < -0.3 is 5.11 Å². The number of rotatable bonds is 2. The molecule has 90 valence electrons. The highest BCUT2D eigenvalue weighted by molar-refractivity contribution is 7.10. The Bertz CT molecular complexity index is 491. The second-order valence-corrected chi connectivity index (χ2v) is 4.48. The normalized spacial score (nSPS) is 13.6. The van der Waals surface area contributed by atoms with Crippen molar-refractivity contribution in [2.75, 3.05) is 0 Å². The molecule has 1 aromatic carbocycles. The summed E-state index contributed by atoms with van der Waals surface area (Å²) >= 11 is 1.23. The van der Waals surface area contributed by atoms with E-state index in [0.717, 1.165) is 6.07 Å². The zero-order chi connectivity index (χ0) is 12.5. The van der Waals surface area contributed by atoms with Gasteiger partial charge in [0.05, 0.1) is 5.56 Å². The lowest BCUT2D eigenvalue weighted by molar-refractivity contribution is -0.138. The molecule has 0 aliphatic rings. The predicted octanol–water partition coefficient (Wildman–Crippen LogP) is 3.85. The van der Waals surface area contributed by atoms with Crippen LogP contribution in [0.4, 0.5) is 13.2 Å². The Balaban J connectivity index is 2.46. The molecule has 1 unspecified atom stereocenters. The first-order valence-electron chi connectivity index (χ1n) is 4.88. The summed E-state index contributed by atoms with van der Waals surface area (Å²) in [6.45, 7) is 0. The average Bonchev–Trinajstić information content (AvgIpc) is 2.80. The molecule has 0 saturated carbocycles. The quantitative estimate of drug-likeness (QED) is 0.867. The highest BCUT2D eigenvalue weighted by Crippen LogP contribution is 2.37. The van der Waals surface area contributed by atoms with E-state index in [9.17, 15) is 18.3 Å². The first kappa shape index (κ1) is 12.1. The van der Waals surface area contributed by atoms with Crippen LogP contribution in [0.3, 0.4) is 0 Å². The number of thiophene rings is 1. The fraction of sp³-hybridized carbons (Fsp3) is 0.167. The third-order valence-corrected chi connectivity index (χ3v) is 3.30. The maximum atomic E-state index is 12.7. The summed E-state index contributed by atoms with van der Waals surface area (Å²) in [4.78, 5) is 0.502. The Morgan fingerprint density at radius 1 is 1.06 bits per heavy atom. The molecule has 0 aliphatic carbocycles. The molecule has 5 heteroatoms. The molecular formula is C12H9F3OS. The van der Waals surface area contributed by atoms with E-state index < -0.39 is 17.8 Å². The third kappa shape index (κ3) is 2.50. The van der Waals surface area contributed by atoms with Crippen LogP contribution in [0.15, 0.2) is 41.8 Å². The number of halogens is 3. The van der Waals surface area contributed by atoms with E-state index in [1.54, 1.807) is 17.5 Å². The fourth-order valence-corrected chi connectivity index (χ4v) is 2.32. The molecule has 17 heavy (non-hydrogen) atoms. The molecular weight excluding hydrogens is 249 g/mol. The molecule has 0 bridgehead atoms. The molecule has 0 spiro atoms. The van der Waals surface area contributed by atoms with Gasteiger partial charge in [0.1, 0.15) is 6.10 Å². The van der Waals surface area contributed by atoms with Gasteiger partial charge >= 0.3 is 6.18 Å². The van der Waals surface area contributed by atoms with Gasteiger partial charge in [-0.15, -0.1) is 11.3 Å². The van der Waals surface area contributed by atoms with Crippen LogP contribution in [0.1, 0.15) is 22.1 Å². The Morgan fingerprint density at radius 3 is 2.35 bits per heavy atom. The van der Waals surface area contributed by atoms with E-state index in [4.69, 9.17) is 0 Å². The zero-order valence-corrected chi connectivity index (χ0v) is 9.42. The highest BCUT2D eigenvalue weighted by atomic mass is 32.1. The zero-order valence-electron chi connectivity index (χ0n) is 8.61. The van der Waals surface area contributed by atoms with Gasteiger partial charge in [-0.3, -0.25) is 0 Å². The summed E-state index contributed by atoms with van der Waals surface area (Å²) in [6, 6.07) is 8.39. The molecule has 1 heterocycles. The minimum absolute atomic E-state index is 0.109. The van der Waals surface area contributed by atoms with Crippen molar-refractivity contribution in [3.8, 4) is 0 Å². The van der Waals surface area contributed by atoms with E-state index in [2.05, 4.69) is 0 Å². The summed E-state index contributed by atoms with van der Waals surface area (Å²) < 4.78 is 38.2. The summed E-state index contributed by atoms with van der Waals surface area (Å²) in [6.07, 6.45) is -5.68. The van der Waals surface area contributed by atoms with Gasteiger partial charge in [-0.1, -0.05) is 24.3 Å².